The summed E-state index contributed by atoms with van der Waals surface area (Å²) in [5.41, 5.74) is 7.46. The molecule has 2 aromatic rings. The molecule has 28 heavy (non-hydrogen) atoms. The topological polar surface area (TPSA) is 123 Å². The molecular weight excluding hydrogens is 360 g/mol. The van der Waals surface area contributed by atoms with E-state index in [1.165, 1.54) is 24.3 Å². The van der Waals surface area contributed by atoms with E-state index in [0.29, 0.717) is 11.4 Å². The van der Waals surface area contributed by atoms with Crippen molar-refractivity contribution in [2.45, 2.75) is 26.7 Å². The predicted molar refractivity (Wildman–Crippen MR) is 106 cm³/mol. The fraction of sp³-hybridized carbons (Fsp3) is 0.200. The number of nitrogens with zero attached hydrogens (tertiary/aromatic N) is 2. The first-order chi connectivity index (χ1) is 13.3. The maximum Gasteiger partial charge on any atom is 0.240 e. The minimum absolute atomic E-state index is 0.0357. The summed E-state index contributed by atoms with van der Waals surface area (Å²) in [6.45, 7) is 3.44. The number of carbonyl (C=O) groups excluding carboxylic acids is 2. The zero-order chi connectivity index (χ0) is 20.5. The zero-order valence-electron chi connectivity index (χ0n) is 15.6. The third-order valence-corrected chi connectivity index (χ3v) is 3.85. The second-order valence-electron chi connectivity index (χ2n) is 6.06. The van der Waals surface area contributed by atoms with Gasteiger partial charge in [0.05, 0.1) is 11.4 Å². The van der Waals surface area contributed by atoms with Crippen molar-refractivity contribution in [3.8, 4) is 11.5 Å². The van der Waals surface area contributed by atoms with Gasteiger partial charge in [-0.2, -0.15) is 10.2 Å². The normalized spacial score (nSPS) is 11.8. The molecular formula is C20H22N4O4. The van der Waals surface area contributed by atoms with Crippen LogP contribution in [-0.2, 0) is 9.59 Å². The van der Waals surface area contributed by atoms with Crippen molar-refractivity contribution in [3.05, 3.63) is 59.7 Å². The monoisotopic (exact) mass is 382 g/mol. The molecule has 0 saturated heterocycles. The lowest BCUT2D eigenvalue weighted by atomic mass is 10.1. The summed E-state index contributed by atoms with van der Waals surface area (Å²) in [5, 5.41) is 26.5. The van der Waals surface area contributed by atoms with E-state index in [1.54, 1.807) is 38.1 Å². The number of hydrogen-bond donors (Lipinski definition) is 4. The summed E-state index contributed by atoms with van der Waals surface area (Å²) in [6.07, 6.45) is -0.0715. The van der Waals surface area contributed by atoms with Crippen molar-refractivity contribution in [2.75, 3.05) is 0 Å². The van der Waals surface area contributed by atoms with Crippen LogP contribution in [0.25, 0.3) is 0 Å². The molecule has 0 bridgehead atoms. The lowest BCUT2D eigenvalue weighted by Gasteiger charge is -2.04. The lowest BCUT2D eigenvalue weighted by molar-refractivity contribution is -0.126. The van der Waals surface area contributed by atoms with E-state index in [4.69, 9.17) is 0 Å². The number of phenols is 2. The first kappa shape index (κ1) is 20.6. The molecule has 0 saturated carbocycles. The molecule has 0 fully saturated rings. The first-order valence-electron chi connectivity index (χ1n) is 8.60. The van der Waals surface area contributed by atoms with Crippen LogP contribution in [0.15, 0.2) is 58.7 Å². The van der Waals surface area contributed by atoms with Crippen molar-refractivity contribution in [1.29, 1.82) is 0 Å². The third-order valence-electron chi connectivity index (χ3n) is 3.85. The second kappa shape index (κ2) is 9.86. The van der Waals surface area contributed by atoms with E-state index in [-0.39, 0.29) is 24.3 Å². The molecule has 8 nitrogen and oxygen atoms in total. The summed E-state index contributed by atoms with van der Waals surface area (Å²) < 4.78 is 0. The highest BCUT2D eigenvalue weighted by Gasteiger charge is 2.07. The molecule has 0 heterocycles. The van der Waals surface area contributed by atoms with Gasteiger partial charge >= 0.3 is 0 Å². The summed E-state index contributed by atoms with van der Waals surface area (Å²) in [4.78, 5) is 23.7. The Morgan fingerprint density at radius 2 is 1.04 bits per heavy atom. The fourth-order valence-electron chi connectivity index (χ4n) is 2.17. The molecule has 0 aliphatic heterocycles. The van der Waals surface area contributed by atoms with Crippen LogP contribution in [0.3, 0.4) is 0 Å². The van der Waals surface area contributed by atoms with Gasteiger partial charge in [0.1, 0.15) is 11.5 Å². The molecule has 0 aliphatic rings. The number of benzene rings is 2. The molecule has 0 radical (unpaired) electrons. The molecule has 8 heteroatoms. The standard InChI is InChI=1S/C20H22N4O4/c1-13(15-3-7-17(25)8-4-15)21-23-19(27)11-12-20(28)24-22-14(2)16-5-9-18(26)10-6-16/h3-10,25-26H,11-12H2,1-2H3,(H,23,27)(H,24,28)/b21-13-,22-14+. The molecule has 2 aromatic carbocycles. The van der Waals surface area contributed by atoms with Gasteiger partial charge in [-0.3, -0.25) is 9.59 Å². The highest BCUT2D eigenvalue weighted by molar-refractivity contribution is 6.00. The van der Waals surface area contributed by atoms with Crippen LogP contribution in [0, 0.1) is 0 Å². The second-order valence-corrected chi connectivity index (χ2v) is 6.06. The number of phenolic OH excluding ortho intramolecular Hbond substituents is 2. The van der Waals surface area contributed by atoms with E-state index in [9.17, 15) is 19.8 Å². The first-order valence-corrected chi connectivity index (χ1v) is 8.60. The molecule has 0 aliphatic carbocycles. The zero-order valence-corrected chi connectivity index (χ0v) is 15.6. The Bertz CT molecular complexity index is 812. The predicted octanol–water partition coefficient (Wildman–Crippen LogP) is 2.26. The van der Waals surface area contributed by atoms with Crippen molar-refractivity contribution in [3.63, 3.8) is 0 Å². The Hall–Kier alpha value is -3.68. The summed E-state index contributed by atoms with van der Waals surface area (Å²) in [5.74, 6) is -0.496. The minimum Gasteiger partial charge on any atom is -0.508 e. The van der Waals surface area contributed by atoms with Gasteiger partial charge in [-0.1, -0.05) is 0 Å². The van der Waals surface area contributed by atoms with E-state index >= 15 is 0 Å². The Balaban J connectivity index is 1.78. The van der Waals surface area contributed by atoms with Gasteiger partial charge < -0.3 is 10.2 Å². The molecule has 0 unspecified atom stereocenters. The molecule has 0 aromatic heterocycles. The number of nitrogens with one attached hydrogen (secondary N) is 2. The van der Waals surface area contributed by atoms with Crippen LogP contribution in [-0.4, -0.2) is 33.5 Å². The summed E-state index contributed by atoms with van der Waals surface area (Å²) >= 11 is 0. The molecule has 0 atom stereocenters. The molecule has 4 N–H and O–H groups in total. The summed E-state index contributed by atoms with van der Waals surface area (Å²) in [7, 11) is 0. The van der Waals surface area contributed by atoms with Crippen molar-refractivity contribution < 1.29 is 19.8 Å². The van der Waals surface area contributed by atoms with Crippen LogP contribution in [0.2, 0.25) is 0 Å². The Morgan fingerprint density at radius 3 is 1.36 bits per heavy atom. The van der Waals surface area contributed by atoms with Gasteiger partial charge in [-0.15, -0.1) is 0 Å². The van der Waals surface area contributed by atoms with Gasteiger partial charge in [0, 0.05) is 12.8 Å². The highest BCUT2D eigenvalue weighted by Crippen LogP contribution is 2.11. The van der Waals surface area contributed by atoms with Gasteiger partial charge in [-0.05, 0) is 73.5 Å². The fourth-order valence-corrected chi connectivity index (χ4v) is 2.17. The molecule has 2 amide bonds. The number of carbonyl (C=O) groups is 2. The number of aromatic hydroxyl groups is 2. The van der Waals surface area contributed by atoms with Gasteiger partial charge in [0.15, 0.2) is 0 Å². The average molecular weight is 382 g/mol. The number of hydrazone groups is 2. The molecule has 0 spiro atoms. The van der Waals surface area contributed by atoms with E-state index in [0.717, 1.165) is 11.1 Å². The Kier molecular flexibility index (Phi) is 7.27. The van der Waals surface area contributed by atoms with Crippen LogP contribution < -0.4 is 10.9 Å². The maximum absolute atomic E-state index is 11.8. The quantitative estimate of drug-likeness (QED) is 0.433. The largest absolute Gasteiger partial charge is 0.508 e. The number of hydrogen-bond acceptors (Lipinski definition) is 6. The average Bonchev–Trinajstić information content (AvgIpc) is 2.69. The third kappa shape index (κ3) is 6.56. The summed E-state index contributed by atoms with van der Waals surface area (Å²) in [6, 6.07) is 12.8. The molecule has 146 valence electrons. The maximum atomic E-state index is 11.8. The van der Waals surface area contributed by atoms with Gasteiger partial charge in [0.25, 0.3) is 0 Å². The van der Waals surface area contributed by atoms with Crippen LogP contribution >= 0.6 is 0 Å². The SMILES string of the molecule is C/C(=N/NC(=O)CCC(=O)N/N=C(\C)c1ccc(O)cc1)c1ccc(O)cc1. The van der Waals surface area contributed by atoms with Gasteiger partial charge in [0.2, 0.25) is 11.8 Å². The lowest BCUT2D eigenvalue weighted by Crippen LogP contribution is -2.24. The Labute approximate surface area is 162 Å². The minimum atomic E-state index is -0.396. The Morgan fingerprint density at radius 1 is 0.714 bits per heavy atom. The van der Waals surface area contributed by atoms with Crippen molar-refractivity contribution in [2.24, 2.45) is 10.2 Å². The van der Waals surface area contributed by atoms with E-state index < -0.39 is 11.8 Å². The molecule has 2 rings (SSSR count). The van der Waals surface area contributed by atoms with Gasteiger partial charge in [-0.25, -0.2) is 10.9 Å². The van der Waals surface area contributed by atoms with Crippen molar-refractivity contribution in [1.82, 2.24) is 10.9 Å². The number of rotatable bonds is 7. The van der Waals surface area contributed by atoms with E-state index in [2.05, 4.69) is 21.1 Å². The van der Waals surface area contributed by atoms with Crippen LogP contribution in [0.4, 0.5) is 0 Å². The highest BCUT2D eigenvalue weighted by atomic mass is 16.3. The number of amides is 2. The van der Waals surface area contributed by atoms with Crippen LogP contribution in [0.5, 0.6) is 11.5 Å². The van der Waals surface area contributed by atoms with Crippen LogP contribution in [0.1, 0.15) is 37.8 Å². The smallest absolute Gasteiger partial charge is 0.240 e. The van der Waals surface area contributed by atoms with Crippen molar-refractivity contribution >= 4 is 23.2 Å². The van der Waals surface area contributed by atoms with E-state index in [1.807, 2.05) is 0 Å².